The highest BCUT2D eigenvalue weighted by atomic mass is 16.5. The first-order chi connectivity index (χ1) is 12.7. The third-order valence-electron chi connectivity index (χ3n) is 4.30. The molecule has 0 fully saturated rings. The highest BCUT2D eigenvalue weighted by Gasteiger charge is 2.24. The number of hydrogen-bond donors (Lipinski definition) is 0. The normalized spacial score (nSPS) is 12.8. The molecule has 0 aliphatic rings. The largest absolute Gasteiger partial charge is 0.448 e. The van der Waals surface area contributed by atoms with Gasteiger partial charge in [0, 0.05) is 17.5 Å². The highest BCUT2D eigenvalue weighted by Crippen LogP contribution is 2.22. The summed E-state index contributed by atoms with van der Waals surface area (Å²) in [6.45, 7) is 9.68. The standard InChI is InChI=1S/C20H22N4O3/c1-12-10-11-21-19-22-17(23-24(12)19)18(26)27-13(2)16(25)14-6-8-15(9-7-14)20(3,4)5/h6-11,13H,1-5H3. The van der Waals surface area contributed by atoms with Crippen LogP contribution >= 0.6 is 0 Å². The number of rotatable bonds is 4. The van der Waals surface area contributed by atoms with Crippen molar-refractivity contribution in [3.05, 3.63) is 59.2 Å². The predicted molar refractivity (Wildman–Crippen MR) is 99.9 cm³/mol. The van der Waals surface area contributed by atoms with Crippen LogP contribution < -0.4 is 0 Å². The minimum atomic E-state index is -0.946. The van der Waals surface area contributed by atoms with Crippen LogP contribution in [-0.4, -0.2) is 37.4 Å². The number of fused-ring (bicyclic) bond motifs is 1. The van der Waals surface area contributed by atoms with Crippen LogP contribution in [0, 0.1) is 6.92 Å². The van der Waals surface area contributed by atoms with Gasteiger partial charge in [0.15, 0.2) is 6.10 Å². The average molecular weight is 366 g/mol. The van der Waals surface area contributed by atoms with Gasteiger partial charge >= 0.3 is 5.97 Å². The Kier molecular flexibility index (Phi) is 4.78. The maximum absolute atomic E-state index is 12.6. The molecule has 7 nitrogen and oxygen atoms in total. The van der Waals surface area contributed by atoms with Gasteiger partial charge in [-0.25, -0.2) is 14.3 Å². The van der Waals surface area contributed by atoms with Gasteiger partial charge in [-0.2, -0.15) is 4.98 Å². The average Bonchev–Trinajstić information content (AvgIpc) is 3.06. The smallest absolute Gasteiger partial charge is 0.379 e. The molecule has 0 saturated carbocycles. The molecule has 0 spiro atoms. The number of hydrogen-bond acceptors (Lipinski definition) is 6. The minimum Gasteiger partial charge on any atom is -0.448 e. The second-order valence-electron chi connectivity index (χ2n) is 7.47. The van der Waals surface area contributed by atoms with Gasteiger partial charge in [-0.15, -0.1) is 5.10 Å². The van der Waals surface area contributed by atoms with Gasteiger partial charge in [0.05, 0.1) is 0 Å². The Morgan fingerprint density at radius 3 is 2.37 bits per heavy atom. The number of Topliss-reactive ketones (excluding diaryl/α,β-unsaturated/α-hetero) is 1. The number of benzene rings is 1. The molecule has 0 amide bonds. The lowest BCUT2D eigenvalue weighted by molar-refractivity contribution is 0.0307. The number of ether oxygens (including phenoxy) is 1. The van der Waals surface area contributed by atoms with Crippen LogP contribution in [0.3, 0.4) is 0 Å². The van der Waals surface area contributed by atoms with Crippen molar-refractivity contribution >= 4 is 17.5 Å². The molecule has 3 rings (SSSR count). The van der Waals surface area contributed by atoms with E-state index in [0.717, 1.165) is 11.3 Å². The fourth-order valence-corrected chi connectivity index (χ4v) is 2.63. The van der Waals surface area contributed by atoms with Crippen LogP contribution in [0.2, 0.25) is 0 Å². The Bertz CT molecular complexity index is 1000. The Hall–Kier alpha value is -3.09. The van der Waals surface area contributed by atoms with E-state index in [9.17, 15) is 9.59 Å². The first-order valence-electron chi connectivity index (χ1n) is 8.71. The van der Waals surface area contributed by atoms with E-state index in [1.807, 2.05) is 19.1 Å². The molecule has 27 heavy (non-hydrogen) atoms. The van der Waals surface area contributed by atoms with Crippen molar-refractivity contribution in [3.63, 3.8) is 0 Å². The van der Waals surface area contributed by atoms with Gasteiger partial charge in [-0.05, 0) is 30.9 Å². The lowest BCUT2D eigenvalue weighted by Crippen LogP contribution is -2.25. The predicted octanol–water partition coefficient (Wildman–Crippen LogP) is 3.16. The third kappa shape index (κ3) is 3.86. The van der Waals surface area contributed by atoms with Crippen LogP contribution in [0.15, 0.2) is 36.5 Å². The number of carbonyl (C=O) groups excluding carboxylic acids is 2. The molecule has 0 N–H and O–H groups in total. The zero-order valence-electron chi connectivity index (χ0n) is 16.1. The zero-order valence-corrected chi connectivity index (χ0v) is 16.1. The van der Waals surface area contributed by atoms with Crippen LogP contribution in [0.25, 0.3) is 5.78 Å². The number of ketones is 1. The molecule has 0 bridgehead atoms. The van der Waals surface area contributed by atoms with Crippen molar-refractivity contribution in [2.24, 2.45) is 0 Å². The van der Waals surface area contributed by atoms with Crippen molar-refractivity contribution in [1.29, 1.82) is 0 Å². The molecular weight excluding hydrogens is 344 g/mol. The number of esters is 1. The molecule has 3 aromatic rings. The van der Waals surface area contributed by atoms with Gasteiger partial charge < -0.3 is 4.74 Å². The topological polar surface area (TPSA) is 86.5 Å². The van der Waals surface area contributed by atoms with Crippen molar-refractivity contribution in [3.8, 4) is 0 Å². The molecule has 2 heterocycles. The third-order valence-corrected chi connectivity index (χ3v) is 4.30. The van der Waals surface area contributed by atoms with E-state index in [1.165, 1.54) is 11.4 Å². The molecule has 0 saturated heterocycles. The molecule has 1 aromatic carbocycles. The highest BCUT2D eigenvalue weighted by molar-refractivity contribution is 6.01. The lowest BCUT2D eigenvalue weighted by atomic mass is 9.86. The maximum Gasteiger partial charge on any atom is 0.379 e. The van der Waals surface area contributed by atoms with E-state index >= 15 is 0 Å². The van der Waals surface area contributed by atoms with E-state index in [0.29, 0.717) is 11.3 Å². The second-order valence-corrected chi connectivity index (χ2v) is 7.47. The summed E-state index contributed by atoms with van der Waals surface area (Å²) in [5.74, 6) is -0.854. The number of aromatic nitrogens is 4. The quantitative estimate of drug-likeness (QED) is 0.521. The fourth-order valence-electron chi connectivity index (χ4n) is 2.63. The van der Waals surface area contributed by atoms with E-state index < -0.39 is 12.1 Å². The molecule has 0 radical (unpaired) electrons. The van der Waals surface area contributed by atoms with Crippen molar-refractivity contribution < 1.29 is 14.3 Å². The molecule has 0 aliphatic carbocycles. The van der Waals surface area contributed by atoms with Gasteiger partial charge in [-0.1, -0.05) is 45.0 Å². The summed E-state index contributed by atoms with van der Waals surface area (Å²) >= 11 is 0. The lowest BCUT2D eigenvalue weighted by Gasteiger charge is -2.19. The van der Waals surface area contributed by atoms with E-state index in [4.69, 9.17) is 4.74 Å². The van der Waals surface area contributed by atoms with Gasteiger partial charge in [0.2, 0.25) is 5.78 Å². The summed E-state index contributed by atoms with van der Waals surface area (Å²) in [5, 5.41) is 4.09. The van der Waals surface area contributed by atoms with E-state index in [2.05, 4.69) is 35.8 Å². The van der Waals surface area contributed by atoms with Crippen LogP contribution in [0.1, 0.15) is 59.9 Å². The van der Waals surface area contributed by atoms with Gasteiger partial charge in [0.25, 0.3) is 11.6 Å². The molecule has 2 aromatic heterocycles. The van der Waals surface area contributed by atoms with Gasteiger partial charge in [-0.3, -0.25) is 4.79 Å². The Morgan fingerprint density at radius 1 is 1.11 bits per heavy atom. The SMILES string of the molecule is Cc1ccnc2nc(C(=O)OC(C)C(=O)c3ccc(C(C)(C)C)cc3)nn12. The monoisotopic (exact) mass is 366 g/mol. The summed E-state index contributed by atoms with van der Waals surface area (Å²) in [6.07, 6.45) is 0.639. The zero-order chi connectivity index (χ0) is 19.8. The summed E-state index contributed by atoms with van der Waals surface area (Å²) < 4.78 is 6.72. The molecule has 7 heteroatoms. The molecule has 1 unspecified atom stereocenters. The van der Waals surface area contributed by atoms with E-state index in [1.54, 1.807) is 24.4 Å². The first kappa shape index (κ1) is 18.7. The summed E-state index contributed by atoms with van der Waals surface area (Å²) in [7, 11) is 0. The molecule has 1 atom stereocenters. The van der Waals surface area contributed by atoms with Crippen LogP contribution in [0.4, 0.5) is 0 Å². The summed E-state index contributed by atoms with van der Waals surface area (Å²) in [5.41, 5.74) is 2.40. The van der Waals surface area contributed by atoms with E-state index in [-0.39, 0.29) is 17.0 Å². The number of carbonyl (C=O) groups is 2. The van der Waals surface area contributed by atoms with Gasteiger partial charge in [0.1, 0.15) is 0 Å². The van der Waals surface area contributed by atoms with Crippen molar-refractivity contribution in [2.75, 3.05) is 0 Å². The second kappa shape index (κ2) is 6.90. The molecular formula is C20H22N4O3. The number of nitrogens with zero attached hydrogens (tertiary/aromatic N) is 4. The first-order valence-corrected chi connectivity index (χ1v) is 8.71. The van der Waals surface area contributed by atoms with Crippen molar-refractivity contribution in [1.82, 2.24) is 19.6 Å². The Morgan fingerprint density at radius 2 is 1.78 bits per heavy atom. The fraction of sp³-hybridized carbons (Fsp3) is 0.350. The van der Waals surface area contributed by atoms with Crippen molar-refractivity contribution in [2.45, 2.75) is 46.1 Å². The summed E-state index contributed by atoms with van der Waals surface area (Å²) in [4.78, 5) is 33.0. The molecule has 0 aliphatic heterocycles. The maximum atomic E-state index is 12.6. The summed E-state index contributed by atoms with van der Waals surface area (Å²) in [6, 6.07) is 9.09. The van der Waals surface area contributed by atoms with Crippen LogP contribution in [0.5, 0.6) is 0 Å². The Labute approximate surface area is 157 Å². The minimum absolute atomic E-state index is 0.000615. The van der Waals surface area contributed by atoms with Crippen LogP contribution in [-0.2, 0) is 10.2 Å². The Balaban J connectivity index is 1.73. The number of aryl methyl sites for hydroxylation is 1. The molecule has 140 valence electrons.